The Labute approximate surface area is 149 Å². The first-order valence-electron chi connectivity index (χ1n) is 7.76. The summed E-state index contributed by atoms with van der Waals surface area (Å²) in [5.74, 6) is -3.65. The number of benzene rings is 2. The predicted molar refractivity (Wildman–Crippen MR) is 90.8 cm³/mol. The van der Waals surface area contributed by atoms with Crippen LogP contribution >= 0.6 is 0 Å². The van der Waals surface area contributed by atoms with E-state index in [0.29, 0.717) is 6.07 Å². The zero-order valence-electron chi connectivity index (χ0n) is 14.1. The van der Waals surface area contributed by atoms with Crippen molar-refractivity contribution in [3.63, 3.8) is 0 Å². The van der Waals surface area contributed by atoms with Crippen molar-refractivity contribution in [2.75, 3.05) is 18.4 Å². The number of carbonyl (C=O) groups excluding carboxylic acids is 1. The van der Waals surface area contributed by atoms with Crippen molar-refractivity contribution < 1.29 is 26.4 Å². The molecule has 0 aliphatic rings. The molecule has 26 heavy (non-hydrogen) atoms. The van der Waals surface area contributed by atoms with E-state index in [1.165, 1.54) is 0 Å². The molecule has 0 saturated carbocycles. The van der Waals surface area contributed by atoms with Crippen LogP contribution < -0.4 is 5.32 Å². The number of nitrogens with one attached hydrogen (secondary N) is 1. The van der Waals surface area contributed by atoms with Gasteiger partial charge in [-0.1, -0.05) is 13.8 Å². The Morgan fingerprint density at radius 3 is 2.23 bits per heavy atom. The largest absolute Gasteiger partial charge is 0.319 e. The molecule has 0 bridgehead atoms. The molecule has 1 amide bonds. The maximum absolute atomic E-state index is 14.1. The second kappa shape index (κ2) is 7.88. The van der Waals surface area contributed by atoms with Crippen molar-refractivity contribution >= 4 is 21.6 Å². The third-order valence-corrected chi connectivity index (χ3v) is 5.76. The van der Waals surface area contributed by atoms with Gasteiger partial charge in [0.1, 0.15) is 22.3 Å². The van der Waals surface area contributed by atoms with Crippen LogP contribution in [0.1, 0.15) is 24.2 Å². The number of hydrogen-bond donors (Lipinski definition) is 1. The van der Waals surface area contributed by atoms with Crippen LogP contribution in [-0.2, 0) is 10.0 Å². The summed E-state index contributed by atoms with van der Waals surface area (Å²) in [4.78, 5) is 11.6. The highest BCUT2D eigenvalue weighted by atomic mass is 32.2. The van der Waals surface area contributed by atoms with Crippen LogP contribution in [0.4, 0.5) is 18.9 Å². The molecule has 0 fully saturated rings. The summed E-state index contributed by atoms with van der Waals surface area (Å²) in [7, 11) is -4.12. The van der Waals surface area contributed by atoms with E-state index in [4.69, 9.17) is 0 Å². The number of hydrogen-bond acceptors (Lipinski definition) is 3. The monoisotopic (exact) mass is 386 g/mol. The standard InChI is InChI=1S/C17H17F3N2O3S/c1-3-22(4-2)26(24,25)16-9-11(5-7-13(16)19)17(23)21-15-8-6-12(18)10-14(15)20/h5-10H,3-4H2,1-2H3,(H,21,23). The fraction of sp³-hybridized carbons (Fsp3) is 0.235. The molecule has 140 valence electrons. The number of anilines is 1. The van der Waals surface area contributed by atoms with E-state index in [1.54, 1.807) is 13.8 Å². The summed E-state index contributed by atoms with van der Waals surface area (Å²) in [5.41, 5.74) is -0.463. The van der Waals surface area contributed by atoms with Gasteiger partial charge in [0.2, 0.25) is 10.0 Å². The highest BCUT2D eigenvalue weighted by Gasteiger charge is 2.26. The molecule has 2 rings (SSSR count). The number of halogens is 3. The quantitative estimate of drug-likeness (QED) is 0.828. The second-order valence-electron chi connectivity index (χ2n) is 5.31. The minimum atomic E-state index is -4.12. The molecule has 0 aliphatic carbocycles. The van der Waals surface area contributed by atoms with Crippen molar-refractivity contribution in [3.05, 3.63) is 59.4 Å². The first-order valence-corrected chi connectivity index (χ1v) is 9.20. The van der Waals surface area contributed by atoms with Crippen LogP contribution in [0.5, 0.6) is 0 Å². The van der Waals surface area contributed by atoms with Crippen molar-refractivity contribution in [2.45, 2.75) is 18.7 Å². The summed E-state index contributed by atoms with van der Waals surface area (Å²) in [6, 6.07) is 5.40. The SMILES string of the molecule is CCN(CC)S(=O)(=O)c1cc(C(=O)Nc2ccc(F)cc2F)ccc1F. The summed E-state index contributed by atoms with van der Waals surface area (Å²) >= 11 is 0. The molecule has 0 atom stereocenters. The van der Waals surface area contributed by atoms with Crippen LogP contribution in [0.3, 0.4) is 0 Å². The maximum Gasteiger partial charge on any atom is 0.255 e. The van der Waals surface area contributed by atoms with E-state index >= 15 is 0 Å². The van der Waals surface area contributed by atoms with Gasteiger partial charge in [0.25, 0.3) is 5.91 Å². The van der Waals surface area contributed by atoms with E-state index in [9.17, 15) is 26.4 Å². The van der Waals surface area contributed by atoms with E-state index in [-0.39, 0.29) is 24.3 Å². The second-order valence-corrected chi connectivity index (χ2v) is 7.22. The fourth-order valence-electron chi connectivity index (χ4n) is 2.33. The van der Waals surface area contributed by atoms with E-state index < -0.39 is 38.3 Å². The lowest BCUT2D eigenvalue weighted by atomic mass is 10.2. The lowest BCUT2D eigenvalue weighted by Gasteiger charge is -2.19. The van der Waals surface area contributed by atoms with Crippen LogP contribution in [0, 0.1) is 17.5 Å². The van der Waals surface area contributed by atoms with Crippen molar-refractivity contribution in [1.82, 2.24) is 4.31 Å². The van der Waals surface area contributed by atoms with Crippen molar-refractivity contribution in [3.8, 4) is 0 Å². The molecule has 0 radical (unpaired) electrons. The van der Waals surface area contributed by atoms with Gasteiger partial charge in [-0.3, -0.25) is 4.79 Å². The van der Waals surface area contributed by atoms with E-state index in [0.717, 1.165) is 34.6 Å². The Balaban J connectivity index is 2.38. The maximum atomic E-state index is 14.1. The van der Waals surface area contributed by atoms with Gasteiger partial charge in [0.05, 0.1) is 5.69 Å². The molecule has 1 N–H and O–H groups in total. The molecular weight excluding hydrogens is 369 g/mol. The Morgan fingerprint density at radius 2 is 1.65 bits per heavy atom. The topological polar surface area (TPSA) is 66.5 Å². The van der Waals surface area contributed by atoms with Gasteiger partial charge in [-0.15, -0.1) is 0 Å². The number of carbonyl (C=O) groups is 1. The van der Waals surface area contributed by atoms with Gasteiger partial charge in [0, 0.05) is 24.7 Å². The smallest absolute Gasteiger partial charge is 0.255 e. The van der Waals surface area contributed by atoms with Crippen LogP contribution in [-0.4, -0.2) is 31.7 Å². The van der Waals surface area contributed by atoms with Crippen LogP contribution in [0.15, 0.2) is 41.3 Å². The third kappa shape index (κ3) is 4.05. The number of sulfonamides is 1. The normalized spacial score (nSPS) is 11.6. The fourth-order valence-corrected chi connectivity index (χ4v) is 3.88. The zero-order valence-corrected chi connectivity index (χ0v) is 14.9. The number of rotatable bonds is 6. The summed E-state index contributed by atoms with van der Waals surface area (Å²) in [5, 5.41) is 2.20. The highest BCUT2D eigenvalue weighted by molar-refractivity contribution is 7.89. The summed E-state index contributed by atoms with van der Waals surface area (Å²) in [6.45, 7) is 3.48. The minimum Gasteiger partial charge on any atom is -0.319 e. The molecule has 0 aliphatic heterocycles. The average Bonchev–Trinajstić information content (AvgIpc) is 2.58. The lowest BCUT2D eigenvalue weighted by Crippen LogP contribution is -2.31. The molecule has 0 saturated heterocycles. The molecule has 0 heterocycles. The summed E-state index contributed by atoms with van der Waals surface area (Å²) < 4.78 is 66.6. The molecule has 2 aromatic rings. The number of nitrogens with zero attached hydrogens (tertiary/aromatic N) is 1. The molecule has 9 heteroatoms. The minimum absolute atomic E-state index is 0.134. The molecule has 0 unspecified atom stereocenters. The Morgan fingerprint density at radius 1 is 1.00 bits per heavy atom. The Hall–Kier alpha value is -2.39. The van der Waals surface area contributed by atoms with Gasteiger partial charge in [0.15, 0.2) is 0 Å². The first-order chi connectivity index (χ1) is 12.2. The average molecular weight is 386 g/mol. The van der Waals surface area contributed by atoms with E-state index in [2.05, 4.69) is 5.32 Å². The molecule has 2 aromatic carbocycles. The van der Waals surface area contributed by atoms with Crippen LogP contribution in [0.2, 0.25) is 0 Å². The zero-order chi connectivity index (χ0) is 19.5. The van der Waals surface area contributed by atoms with Gasteiger partial charge < -0.3 is 5.32 Å². The van der Waals surface area contributed by atoms with Gasteiger partial charge in [-0.2, -0.15) is 4.31 Å². The number of amides is 1. The molecule has 5 nitrogen and oxygen atoms in total. The molecule has 0 aromatic heterocycles. The molecular formula is C17H17F3N2O3S. The van der Waals surface area contributed by atoms with E-state index in [1.807, 2.05) is 0 Å². The predicted octanol–water partition coefficient (Wildman–Crippen LogP) is 3.39. The third-order valence-electron chi connectivity index (χ3n) is 3.70. The van der Waals surface area contributed by atoms with Gasteiger partial charge in [-0.25, -0.2) is 21.6 Å². The Bertz CT molecular complexity index is 929. The highest BCUT2D eigenvalue weighted by Crippen LogP contribution is 2.22. The van der Waals surface area contributed by atoms with Gasteiger partial charge >= 0.3 is 0 Å². The van der Waals surface area contributed by atoms with Crippen molar-refractivity contribution in [1.29, 1.82) is 0 Å². The summed E-state index contributed by atoms with van der Waals surface area (Å²) in [6.07, 6.45) is 0. The van der Waals surface area contributed by atoms with Crippen LogP contribution in [0.25, 0.3) is 0 Å². The molecule has 0 spiro atoms. The van der Waals surface area contributed by atoms with Crippen molar-refractivity contribution in [2.24, 2.45) is 0 Å². The Kier molecular flexibility index (Phi) is 6.04. The first kappa shape index (κ1) is 19.9. The lowest BCUT2D eigenvalue weighted by molar-refractivity contribution is 0.102. The van der Waals surface area contributed by atoms with Gasteiger partial charge in [-0.05, 0) is 30.3 Å².